The molecule has 0 saturated heterocycles. The minimum atomic E-state index is 0.123. The highest BCUT2D eigenvalue weighted by molar-refractivity contribution is 6.30. The van der Waals surface area contributed by atoms with Gasteiger partial charge in [-0.15, -0.1) is 0 Å². The first-order chi connectivity index (χ1) is 7.16. The second kappa shape index (κ2) is 3.83. The van der Waals surface area contributed by atoms with Crippen molar-refractivity contribution in [2.75, 3.05) is 0 Å². The molecule has 0 spiro atoms. The van der Waals surface area contributed by atoms with E-state index in [-0.39, 0.29) is 11.5 Å². The van der Waals surface area contributed by atoms with Crippen molar-refractivity contribution in [3.05, 3.63) is 47.5 Å². The van der Waals surface area contributed by atoms with E-state index in [1.165, 1.54) is 18.2 Å². The molecule has 2 N–H and O–H groups in total. The first kappa shape index (κ1) is 9.87. The standard InChI is InChI=1S/C12H9ClO2/c13-9-3-1-8(2-4-9)11-7-10(14)5-6-12(11)15/h1-7,14-15H. The van der Waals surface area contributed by atoms with Crippen LogP contribution in [-0.4, -0.2) is 10.2 Å². The summed E-state index contributed by atoms with van der Waals surface area (Å²) >= 11 is 5.76. The second-order valence-electron chi connectivity index (χ2n) is 3.21. The molecule has 76 valence electrons. The summed E-state index contributed by atoms with van der Waals surface area (Å²) in [6.07, 6.45) is 0. The molecule has 2 rings (SSSR count). The summed E-state index contributed by atoms with van der Waals surface area (Å²) in [5, 5.41) is 19.6. The fourth-order valence-electron chi connectivity index (χ4n) is 1.38. The summed E-state index contributed by atoms with van der Waals surface area (Å²) in [5.74, 6) is 0.257. The topological polar surface area (TPSA) is 40.5 Å². The molecule has 0 aliphatic carbocycles. The number of benzene rings is 2. The van der Waals surface area contributed by atoms with Gasteiger partial charge >= 0.3 is 0 Å². The molecule has 0 amide bonds. The lowest BCUT2D eigenvalue weighted by Crippen LogP contribution is -1.78. The average molecular weight is 221 g/mol. The van der Waals surface area contributed by atoms with E-state index < -0.39 is 0 Å². The molecule has 0 heterocycles. The minimum absolute atomic E-state index is 0.123. The zero-order valence-corrected chi connectivity index (χ0v) is 8.57. The molecule has 0 aliphatic rings. The van der Waals surface area contributed by atoms with E-state index in [2.05, 4.69) is 0 Å². The van der Waals surface area contributed by atoms with Crippen LogP contribution in [-0.2, 0) is 0 Å². The number of hydrogen-bond donors (Lipinski definition) is 2. The van der Waals surface area contributed by atoms with Crippen molar-refractivity contribution in [3.63, 3.8) is 0 Å². The number of hydrogen-bond acceptors (Lipinski definition) is 2. The molecule has 0 atom stereocenters. The summed E-state index contributed by atoms with van der Waals surface area (Å²) in [4.78, 5) is 0. The maximum atomic E-state index is 9.61. The number of phenolic OH excluding ortho intramolecular Hbond substituents is 2. The Bertz CT molecular complexity index is 477. The molecule has 0 radical (unpaired) electrons. The van der Waals surface area contributed by atoms with E-state index in [0.717, 1.165) is 5.56 Å². The average Bonchev–Trinajstić information content (AvgIpc) is 2.23. The number of halogens is 1. The minimum Gasteiger partial charge on any atom is -0.508 e. The van der Waals surface area contributed by atoms with Crippen molar-refractivity contribution in [3.8, 4) is 22.6 Å². The molecule has 2 nitrogen and oxygen atoms in total. The molecule has 0 aromatic heterocycles. The van der Waals surface area contributed by atoms with Crippen LogP contribution in [0.4, 0.5) is 0 Å². The van der Waals surface area contributed by atoms with Crippen molar-refractivity contribution in [1.29, 1.82) is 0 Å². The second-order valence-corrected chi connectivity index (χ2v) is 3.64. The van der Waals surface area contributed by atoms with Gasteiger partial charge in [0.05, 0.1) is 0 Å². The van der Waals surface area contributed by atoms with Gasteiger partial charge in [-0.3, -0.25) is 0 Å². The third kappa shape index (κ3) is 2.05. The predicted molar refractivity (Wildman–Crippen MR) is 60.2 cm³/mol. The van der Waals surface area contributed by atoms with Crippen molar-refractivity contribution in [1.82, 2.24) is 0 Å². The van der Waals surface area contributed by atoms with Gasteiger partial charge in [0.2, 0.25) is 0 Å². The number of aromatic hydroxyl groups is 2. The molecular weight excluding hydrogens is 212 g/mol. The third-order valence-corrected chi connectivity index (χ3v) is 2.39. The van der Waals surface area contributed by atoms with Crippen LogP contribution >= 0.6 is 11.6 Å². The summed E-state index contributed by atoms with van der Waals surface area (Å²) in [6.45, 7) is 0. The highest BCUT2D eigenvalue weighted by Gasteiger charge is 2.04. The van der Waals surface area contributed by atoms with Crippen molar-refractivity contribution < 1.29 is 10.2 Å². The van der Waals surface area contributed by atoms with Crippen molar-refractivity contribution in [2.45, 2.75) is 0 Å². The van der Waals surface area contributed by atoms with Crippen molar-refractivity contribution in [2.24, 2.45) is 0 Å². The Kier molecular flexibility index (Phi) is 2.52. The summed E-state index contributed by atoms with van der Waals surface area (Å²) in [5.41, 5.74) is 1.40. The van der Waals surface area contributed by atoms with E-state index in [1.807, 2.05) is 0 Å². The first-order valence-electron chi connectivity index (χ1n) is 4.45. The molecule has 3 heteroatoms. The monoisotopic (exact) mass is 220 g/mol. The molecule has 0 fully saturated rings. The van der Waals surface area contributed by atoms with E-state index in [9.17, 15) is 10.2 Å². The van der Waals surface area contributed by atoms with Gasteiger partial charge in [-0.05, 0) is 35.9 Å². The quantitative estimate of drug-likeness (QED) is 0.723. The Hall–Kier alpha value is -1.67. The molecule has 0 bridgehead atoms. The van der Waals surface area contributed by atoms with E-state index in [1.54, 1.807) is 24.3 Å². The summed E-state index contributed by atoms with van der Waals surface area (Å²) in [6, 6.07) is 11.5. The highest BCUT2D eigenvalue weighted by atomic mass is 35.5. The number of phenols is 2. The number of rotatable bonds is 1. The van der Waals surface area contributed by atoms with Crippen LogP contribution in [0.1, 0.15) is 0 Å². The van der Waals surface area contributed by atoms with Gasteiger partial charge in [-0.1, -0.05) is 23.7 Å². The van der Waals surface area contributed by atoms with Gasteiger partial charge in [0.25, 0.3) is 0 Å². The zero-order chi connectivity index (χ0) is 10.8. The van der Waals surface area contributed by atoms with E-state index >= 15 is 0 Å². The molecule has 0 aliphatic heterocycles. The van der Waals surface area contributed by atoms with Gasteiger partial charge in [-0.25, -0.2) is 0 Å². The molecule has 2 aromatic carbocycles. The van der Waals surface area contributed by atoms with Crippen LogP contribution < -0.4 is 0 Å². The Morgan fingerprint density at radius 1 is 0.867 bits per heavy atom. The lowest BCUT2D eigenvalue weighted by molar-refractivity contribution is 0.462. The van der Waals surface area contributed by atoms with Crippen LogP contribution in [0.2, 0.25) is 5.02 Å². The van der Waals surface area contributed by atoms with Gasteiger partial charge in [0.15, 0.2) is 0 Å². The Balaban J connectivity index is 2.53. The summed E-state index contributed by atoms with van der Waals surface area (Å²) < 4.78 is 0. The predicted octanol–water partition coefficient (Wildman–Crippen LogP) is 3.42. The normalized spacial score (nSPS) is 10.2. The van der Waals surface area contributed by atoms with E-state index in [4.69, 9.17) is 11.6 Å². The van der Waals surface area contributed by atoms with Crippen LogP contribution in [0.5, 0.6) is 11.5 Å². The maximum Gasteiger partial charge on any atom is 0.123 e. The SMILES string of the molecule is Oc1ccc(O)c(-c2ccc(Cl)cc2)c1. The van der Waals surface area contributed by atoms with Crippen molar-refractivity contribution >= 4 is 11.6 Å². The molecule has 2 aromatic rings. The largest absolute Gasteiger partial charge is 0.508 e. The highest BCUT2D eigenvalue weighted by Crippen LogP contribution is 2.32. The fourth-order valence-corrected chi connectivity index (χ4v) is 1.51. The zero-order valence-electron chi connectivity index (χ0n) is 7.81. The van der Waals surface area contributed by atoms with Crippen LogP contribution in [0.15, 0.2) is 42.5 Å². The Morgan fingerprint density at radius 2 is 1.53 bits per heavy atom. The third-order valence-electron chi connectivity index (χ3n) is 2.14. The lowest BCUT2D eigenvalue weighted by atomic mass is 10.0. The summed E-state index contributed by atoms with van der Waals surface area (Å²) in [7, 11) is 0. The Morgan fingerprint density at radius 3 is 2.20 bits per heavy atom. The Labute approximate surface area is 92.4 Å². The van der Waals surface area contributed by atoms with E-state index in [0.29, 0.717) is 10.6 Å². The molecular formula is C12H9ClO2. The van der Waals surface area contributed by atoms with Gasteiger partial charge in [0.1, 0.15) is 11.5 Å². The van der Waals surface area contributed by atoms with Crippen LogP contribution in [0.25, 0.3) is 11.1 Å². The lowest BCUT2D eigenvalue weighted by Gasteiger charge is -2.05. The van der Waals surface area contributed by atoms with Crippen LogP contribution in [0.3, 0.4) is 0 Å². The molecule has 15 heavy (non-hydrogen) atoms. The maximum absolute atomic E-state index is 9.61. The molecule has 0 unspecified atom stereocenters. The van der Waals surface area contributed by atoms with Gasteiger partial charge < -0.3 is 10.2 Å². The first-order valence-corrected chi connectivity index (χ1v) is 4.82. The molecule has 0 saturated carbocycles. The van der Waals surface area contributed by atoms with Crippen LogP contribution in [0, 0.1) is 0 Å². The van der Waals surface area contributed by atoms with Gasteiger partial charge in [0, 0.05) is 10.6 Å². The fraction of sp³-hybridized carbons (Fsp3) is 0. The smallest absolute Gasteiger partial charge is 0.123 e. The van der Waals surface area contributed by atoms with Gasteiger partial charge in [-0.2, -0.15) is 0 Å².